The van der Waals surface area contributed by atoms with Crippen molar-refractivity contribution in [3.05, 3.63) is 0 Å². The first-order chi connectivity index (χ1) is 5.86. The van der Waals surface area contributed by atoms with Gasteiger partial charge in [0.05, 0.1) is 7.85 Å². The molecule has 1 heteroatoms. The Kier molecular flexibility index (Phi) is 2.78. The molecular formula is C11H19B. The zero-order valence-corrected chi connectivity index (χ0v) is 7.97. The van der Waals surface area contributed by atoms with E-state index in [-0.39, 0.29) is 0 Å². The van der Waals surface area contributed by atoms with Crippen molar-refractivity contribution in [2.24, 2.45) is 11.8 Å². The normalized spacial score (nSPS) is 38.7. The molecule has 0 spiro atoms. The van der Waals surface area contributed by atoms with Crippen LogP contribution in [0.25, 0.3) is 0 Å². The van der Waals surface area contributed by atoms with Crippen LogP contribution in [-0.4, -0.2) is 7.85 Å². The van der Waals surface area contributed by atoms with Crippen molar-refractivity contribution >= 4 is 7.85 Å². The van der Waals surface area contributed by atoms with E-state index >= 15 is 0 Å². The lowest BCUT2D eigenvalue weighted by atomic mass is 9.67. The predicted octanol–water partition coefficient (Wildman–Crippen LogP) is 3.32. The van der Waals surface area contributed by atoms with Gasteiger partial charge in [-0.1, -0.05) is 57.2 Å². The van der Waals surface area contributed by atoms with Crippen LogP contribution in [0, 0.1) is 11.8 Å². The van der Waals surface area contributed by atoms with Crippen LogP contribution in [0.15, 0.2) is 0 Å². The molecule has 66 valence electrons. The topological polar surface area (TPSA) is 0 Å². The minimum Gasteiger partial charge on any atom is -0.0771 e. The zero-order chi connectivity index (χ0) is 8.39. The van der Waals surface area contributed by atoms with Gasteiger partial charge in [-0.25, -0.2) is 0 Å². The molecule has 0 aromatic carbocycles. The third-order valence-corrected chi connectivity index (χ3v) is 3.82. The van der Waals surface area contributed by atoms with E-state index in [1.165, 1.54) is 51.4 Å². The minimum absolute atomic E-state index is 0.532. The second-order valence-electron chi connectivity index (χ2n) is 4.73. The van der Waals surface area contributed by atoms with E-state index in [0.29, 0.717) is 5.82 Å². The Morgan fingerprint density at radius 1 is 0.750 bits per heavy atom. The second-order valence-corrected chi connectivity index (χ2v) is 4.73. The molecule has 0 bridgehead atoms. The van der Waals surface area contributed by atoms with E-state index in [9.17, 15) is 0 Å². The van der Waals surface area contributed by atoms with Gasteiger partial charge < -0.3 is 0 Å². The maximum absolute atomic E-state index is 5.99. The Hall–Kier alpha value is 0.0649. The fourth-order valence-corrected chi connectivity index (χ4v) is 3.12. The van der Waals surface area contributed by atoms with Crippen LogP contribution in [0.5, 0.6) is 0 Å². The zero-order valence-electron chi connectivity index (χ0n) is 7.97. The van der Waals surface area contributed by atoms with E-state index < -0.39 is 0 Å². The molecule has 0 aliphatic heterocycles. The van der Waals surface area contributed by atoms with Crippen molar-refractivity contribution in [3.8, 4) is 0 Å². The van der Waals surface area contributed by atoms with Crippen molar-refractivity contribution in [3.63, 3.8) is 0 Å². The summed E-state index contributed by atoms with van der Waals surface area (Å²) in [6, 6.07) is 0. The summed E-state index contributed by atoms with van der Waals surface area (Å²) in [6.07, 6.45) is 11.4. The Morgan fingerprint density at radius 2 is 1.42 bits per heavy atom. The van der Waals surface area contributed by atoms with Crippen molar-refractivity contribution in [2.75, 3.05) is 0 Å². The van der Waals surface area contributed by atoms with Crippen LogP contribution >= 0.6 is 0 Å². The summed E-state index contributed by atoms with van der Waals surface area (Å²) in [4.78, 5) is 0. The van der Waals surface area contributed by atoms with Crippen LogP contribution < -0.4 is 0 Å². The first-order valence-electron chi connectivity index (χ1n) is 5.62. The highest BCUT2D eigenvalue weighted by atomic mass is 14.3. The van der Waals surface area contributed by atoms with Gasteiger partial charge in [-0.05, 0) is 11.8 Å². The van der Waals surface area contributed by atoms with E-state index in [4.69, 9.17) is 7.85 Å². The average molecular weight is 162 g/mol. The molecule has 2 aliphatic carbocycles. The Labute approximate surface area is 77.5 Å². The monoisotopic (exact) mass is 162 g/mol. The van der Waals surface area contributed by atoms with Crippen LogP contribution in [0.1, 0.15) is 51.4 Å². The van der Waals surface area contributed by atoms with Crippen molar-refractivity contribution in [1.29, 1.82) is 0 Å². The van der Waals surface area contributed by atoms with Gasteiger partial charge in [0.15, 0.2) is 0 Å². The standard InChI is InChI=1S/C11H19B/c12-11-7-3-6-10(8-11)9-4-1-2-5-9/h9-11H,1-8H2. The quantitative estimate of drug-likeness (QED) is 0.519. The SMILES string of the molecule is [B]C1CCCC(C2CCCC2)C1. The fraction of sp³-hybridized carbons (Fsp3) is 1.00. The van der Waals surface area contributed by atoms with Gasteiger partial charge in [-0.2, -0.15) is 0 Å². The molecule has 0 saturated heterocycles. The summed E-state index contributed by atoms with van der Waals surface area (Å²) in [5.74, 6) is 2.58. The minimum atomic E-state index is 0.532. The first kappa shape index (κ1) is 8.65. The smallest absolute Gasteiger partial charge is 0.0699 e. The molecule has 0 aromatic rings. The lowest BCUT2D eigenvalue weighted by Gasteiger charge is -2.31. The van der Waals surface area contributed by atoms with Gasteiger partial charge in [0.1, 0.15) is 0 Å². The van der Waals surface area contributed by atoms with Gasteiger partial charge in [0.25, 0.3) is 0 Å². The molecule has 2 unspecified atom stereocenters. The van der Waals surface area contributed by atoms with Crippen LogP contribution in [-0.2, 0) is 0 Å². The summed E-state index contributed by atoms with van der Waals surface area (Å²) < 4.78 is 0. The van der Waals surface area contributed by atoms with Crippen molar-refractivity contribution in [1.82, 2.24) is 0 Å². The molecule has 0 aromatic heterocycles. The molecule has 0 amide bonds. The number of rotatable bonds is 1. The van der Waals surface area contributed by atoms with Gasteiger partial charge in [0.2, 0.25) is 0 Å². The summed E-state index contributed by atoms with van der Waals surface area (Å²) in [7, 11) is 5.99. The van der Waals surface area contributed by atoms with Gasteiger partial charge in [-0.15, -0.1) is 0 Å². The Balaban J connectivity index is 1.85. The Morgan fingerprint density at radius 3 is 2.08 bits per heavy atom. The van der Waals surface area contributed by atoms with E-state index in [2.05, 4.69) is 0 Å². The summed E-state index contributed by atoms with van der Waals surface area (Å²) in [6.45, 7) is 0. The maximum atomic E-state index is 5.99. The molecule has 2 aliphatic rings. The second kappa shape index (κ2) is 3.85. The van der Waals surface area contributed by atoms with Crippen LogP contribution in [0.3, 0.4) is 0 Å². The average Bonchev–Trinajstić information content (AvgIpc) is 2.56. The lowest BCUT2D eigenvalue weighted by Crippen LogP contribution is -2.18. The number of hydrogen-bond acceptors (Lipinski definition) is 0. The number of hydrogen-bond donors (Lipinski definition) is 0. The Bertz CT molecular complexity index is 138. The largest absolute Gasteiger partial charge is 0.0771 e. The molecule has 2 saturated carbocycles. The molecule has 12 heavy (non-hydrogen) atoms. The third kappa shape index (κ3) is 1.86. The molecular weight excluding hydrogens is 143 g/mol. The highest BCUT2D eigenvalue weighted by molar-refractivity contribution is 6.11. The first-order valence-corrected chi connectivity index (χ1v) is 5.62. The highest BCUT2D eigenvalue weighted by Crippen LogP contribution is 2.41. The fourth-order valence-electron chi connectivity index (χ4n) is 3.12. The molecule has 2 atom stereocenters. The third-order valence-electron chi connectivity index (χ3n) is 3.82. The summed E-state index contributed by atoms with van der Waals surface area (Å²) in [5, 5.41) is 0. The van der Waals surface area contributed by atoms with Crippen molar-refractivity contribution < 1.29 is 0 Å². The van der Waals surface area contributed by atoms with Gasteiger partial charge in [0, 0.05) is 0 Å². The highest BCUT2D eigenvalue weighted by Gasteiger charge is 2.28. The molecule has 0 N–H and O–H groups in total. The van der Waals surface area contributed by atoms with Crippen LogP contribution in [0.4, 0.5) is 0 Å². The lowest BCUT2D eigenvalue weighted by molar-refractivity contribution is 0.252. The predicted molar refractivity (Wildman–Crippen MR) is 53.4 cm³/mol. The summed E-state index contributed by atoms with van der Waals surface area (Å²) >= 11 is 0. The molecule has 2 rings (SSSR count). The molecule has 0 nitrogen and oxygen atoms in total. The van der Waals surface area contributed by atoms with E-state index in [1.54, 1.807) is 0 Å². The van der Waals surface area contributed by atoms with Gasteiger partial charge in [-0.3, -0.25) is 0 Å². The molecule has 0 heterocycles. The van der Waals surface area contributed by atoms with E-state index in [1.807, 2.05) is 0 Å². The van der Waals surface area contributed by atoms with Crippen LogP contribution in [0.2, 0.25) is 5.82 Å². The maximum Gasteiger partial charge on any atom is 0.0699 e. The van der Waals surface area contributed by atoms with E-state index in [0.717, 1.165) is 11.8 Å². The molecule has 2 fully saturated rings. The van der Waals surface area contributed by atoms with Crippen molar-refractivity contribution in [2.45, 2.75) is 57.2 Å². The molecule has 2 radical (unpaired) electrons. The summed E-state index contributed by atoms with van der Waals surface area (Å²) in [5.41, 5.74) is 0. The van der Waals surface area contributed by atoms with Gasteiger partial charge >= 0.3 is 0 Å².